The predicted octanol–water partition coefficient (Wildman–Crippen LogP) is 15.7. The van der Waals surface area contributed by atoms with Crippen LogP contribution in [0.1, 0.15) is 82.6 Å². The quantitative estimate of drug-likeness (QED) is 0.104. The first kappa shape index (κ1) is 43.9. The molecule has 0 fully saturated rings. The van der Waals surface area contributed by atoms with Gasteiger partial charge in [0.25, 0.3) is 0 Å². The number of furan rings is 1. The summed E-state index contributed by atoms with van der Waals surface area (Å²) in [6, 6.07) is 71.8. The molecule has 2 atom stereocenters. The number of hydrogen-bond acceptors (Lipinski definition) is 4. The van der Waals surface area contributed by atoms with Crippen LogP contribution in [0.3, 0.4) is 0 Å². The van der Waals surface area contributed by atoms with Crippen LogP contribution in [0.2, 0.25) is 0 Å². The Bertz CT molecular complexity index is 3230. The van der Waals surface area contributed by atoms with Gasteiger partial charge < -0.3 is 9.73 Å². The van der Waals surface area contributed by atoms with Crippen molar-refractivity contribution in [2.45, 2.75) is 45.8 Å². The SMILES string of the molecule is C=NC(NC(=NCc1ccccc1)c1cccc(-c2ccccc2)c1)c1cccc2oc3c(c12)C=C(c1ccc(-c2ccc(C#N)cc2)cc1)CC3c1ccc(-c2ccc(C)cc2)cc1.CC. The van der Waals surface area contributed by atoms with Gasteiger partial charge in [-0.1, -0.05) is 195 Å². The molecule has 10 rings (SSSR count). The first-order chi connectivity index (χ1) is 33.0. The summed E-state index contributed by atoms with van der Waals surface area (Å²) >= 11 is 0. The van der Waals surface area contributed by atoms with Crippen molar-refractivity contribution < 1.29 is 4.42 Å². The van der Waals surface area contributed by atoms with E-state index in [2.05, 4.69) is 177 Å². The number of rotatable bonds is 11. The summed E-state index contributed by atoms with van der Waals surface area (Å²) in [7, 11) is 0. The van der Waals surface area contributed by atoms with E-state index in [1.54, 1.807) is 0 Å². The Hall–Kier alpha value is -8.33. The molecule has 0 saturated carbocycles. The molecule has 0 aliphatic heterocycles. The normalized spacial score (nSPS) is 13.6. The molecule has 67 heavy (non-hydrogen) atoms. The van der Waals surface area contributed by atoms with E-state index >= 15 is 0 Å². The van der Waals surface area contributed by atoms with Crippen molar-refractivity contribution in [2.24, 2.45) is 9.98 Å². The van der Waals surface area contributed by atoms with Crippen molar-refractivity contribution in [3.8, 4) is 39.4 Å². The summed E-state index contributed by atoms with van der Waals surface area (Å²) in [5.41, 5.74) is 17.1. The van der Waals surface area contributed by atoms with Gasteiger partial charge in [0.1, 0.15) is 23.3 Å². The van der Waals surface area contributed by atoms with Gasteiger partial charge in [-0.2, -0.15) is 5.26 Å². The third-order valence-electron chi connectivity index (χ3n) is 12.4. The lowest BCUT2D eigenvalue weighted by Gasteiger charge is -2.24. The average Bonchev–Trinajstić information content (AvgIpc) is 3.79. The number of aliphatic imine (C=N–C) groups is 2. The Labute approximate surface area is 394 Å². The molecule has 1 aliphatic rings. The Balaban J connectivity index is 0.00000278. The molecule has 0 spiro atoms. The van der Waals surface area contributed by atoms with E-state index in [-0.39, 0.29) is 5.92 Å². The Morgan fingerprint density at radius 2 is 1.22 bits per heavy atom. The maximum atomic E-state index is 9.35. The Morgan fingerprint density at radius 3 is 1.88 bits per heavy atom. The van der Waals surface area contributed by atoms with Crippen molar-refractivity contribution in [1.29, 1.82) is 5.26 Å². The van der Waals surface area contributed by atoms with Gasteiger partial charge in [-0.25, -0.2) is 0 Å². The minimum absolute atomic E-state index is 0.0395. The topological polar surface area (TPSA) is 73.7 Å². The first-order valence-electron chi connectivity index (χ1n) is 23.0. The second kappa shape index (κ2) is 20.2. The molecule has 326 valence electrons. The highest BCUT2D eigenvalue weighted by atomic mass is 16.3. The van der Waals surface area contributed by atoms with Gasteiger partial charge in [-0.15, -0.1) is 0 Å². The van der Waals surface area contributed by atoms with Crippen LogP contribution in [-0.2, 0) is 6.54 Å². The molecule has 0 bridgehead atoms. The smallest absolute Gasteiger partial charge is 0.145 e. The average molecular weight is 869 g/mol. The molecule has 5 heteroatoms. The highest BCUT2D eigenvalue weighted by Crippen LogP contribution is 2.47. The van der Waals surface area contributed by atoms with Gasteiger partial charge in [0.05, 0.1) is 18.2 Å². The second-order valence-corrected chi connectivity index (χ2v) is 16.6. The minimum atomic E-state index is -0.548. The van der Waals surface area contributed by atoms with E-state index in [4.69, 9.17) is 14.4 Å². The lowest BCUT2D eigenvalue weighted by atomic mass is 9.80. The summed E-state index contributed by atoms with van der Waals surface area (Å²) in [5.74, 6) is 1.62. The summed E-state index contributed by atoms with van der Waals surface area (Å²) in [5, 5.41) is 14.1. The van der Waals surface area contributed by atoms with Crippen LogP contribution in [0.5, 0.6) is 0 Å². The fourth-order valence-electron chi connectivity index (χ4n) is 8.93. The predicted molar refractivity (Wildman–Crippen MR) is 279 cm³/mol. The molecule has 1 aromatic heterocycles. The molecule has 1 heterocycles. The standard InChI is InChI=1S/C60H46N4O.C2H6/c1-40-19-23-44(24-20-40)47-31-33-49(34-32-47)54-36-52(48-29-27-46(28-30-48)45-25-21-41(38-61)22-26-45)37-55-57-53(17-10-18-56(57)65-58(54)55)60(62-2)64-59(63-39-42-11-5-3-6-12-42)51-16-9-15-50(35-51)43-13-7-4-8-14-43;1-2/h3-35,37,54,60H,2,36,39H2,1H3,(H,63,64);1-2H3. The zero-order valence-electron chi connectivity index (χ0n) is 38.2. The number of nitrogens with one attached hydrogen (secondary N) is 1. The number of nitrogens with zero attached hydrogens (tertiary/aromatic N) is 3. The molecule has 9 aromatic rings. The first-order valence-corrected chi connectivity index (χ1v) is 23.0. The lowest BCUT2D eigenvalue weighted by molar-refractivity contribution is 0.519. The number of allylic oxidation sites excluding steroid dienone is 1. The Kier molecular flexibility index (Phi) is 13.3. The van der Waals surface area contributed by atoms with Gasteiger partial charge >= 0.3 is 0 Å². The van der Waals surface area contributed by atoms with Crippen molar-refractivity contribution >= 4 is 35.2 Å². The summed E-state index contributed by atoms with van der Waals surface area (Å²) < 4.78 is 6.97. The summed E-state index contributed by atoms with van der Waals surface area (Å²) in [4.78, 5) is 9.97. The van der Waals surface area contributed by atoms with Crippen LogP contribution >= 0.6 is 0 Å². The van der Waals surface area contributed by atoms with E-state index in [0.717, 1.165) is 79.1 Å². The van der Waals surface area contributed by atoms with Crippen LogP contribution in [-0.4, -0.2) is 12.6 Å². The van der Waals surface area contributed by atoms with Crippen molar-refractivity contribution in [3.63, 3.8) is 0 Å². The molecule has 0 amide bonds. The number of aryl methyl sites for hydroxylation is 1. The summed E-state index contributed by atoms with van der Waals surface area (Å²) in [6.45, 7) is 10.8. The molecule has 1 N–H and O–H groups in total. The highest BCUT2D eigenvalue weighted by molar-refractivity contribution is 6.02. The second-order valence-electron chi connectivity index (χ2n) is 16.6. The molecule has 5 nitrogen and oxygen atoms in total. The summed E-state index contributed by atoms with van der Waals surface area (Å²) in [6.07, 6.45) is 2.53. The van der Waals surface area contributed by atoms with E-state index in [0.29, 0.717) is 12.1 Å². The number of fused-ring (bicyclic) bond motifs is 3. The van der Waals surface area contributed by atoms with Crippen LogP contribution in [0.4, 0.5) is 0 Å². The number of amidine groups is 1. The van der Waals surface area contributed by atoms with E-state index in [1.807, 2.05) is 68.4 Å². The highest BCUT2D eigenvalue weighted by Gasteiger charge is 2.31. The van der Waals surface area contributed by atoms with Crippen molar-refractivity contribution in [2.75, 3.05) is 0 Å². The molecule has 2 unspecified atom stereocenters. The van der Waals surface area contributed by atoms with Crippen molar-refractivity contribution in [1.82, 2.24) is 5.32 Å². The maximum Gasteiger partial charge on any atom is 0.145 e. The monoisotopic (exact) mass is 868 g/mol. The minimum Gasteiger partial charge on any atom is -0.460 e. The zero-order chi connectivity index (χ0) is 46.1. The molecule has 0 radical (unpaired) electrons. The maximum absolute atomic E-state index is 9.35. The van der Waals surface area contributed by atoms with E-state index in [1.165, 1.54) is 27.8 Å². The Morgan fingerprint density at radius 1 is 0.657 bits per heavy atom. The van der Waals surface area contributed by atoms with Gasteiger partial charge in [0, 0.05) is 28.0 Å². The zero-order valence-corrected chi connectivity index (χ0v) is 38.2. The van der Waals surface area contributed by atoms with Gasteiger partial charge in [0.15, 0.2) is 0 Å². The third-order valence-corrected chi connectivity index (χ3v) is 12.4. The molecule has 0 saturated heterocycles. The largest absolute Gasteiger partial charge is 0.460 e. The lowest BCUT2D eigenvalue weighted by Crippen LogP contribution is -2.28. The number of hydrogen-bond donors (Lipinski definition) is 1. The fourth-order valence-corrected chi connectivity index (χ4v) is 8.93. The van der Waals surface area contributed by atoms with Crippen molar-refractivity contribution in [3.05, 3.63) is 250 Å². The van der Waals surface area contributed by atoms with Gasteiger partial charge in [-0.05, 0) is 106 Å². The van der Waals surface area contributed by atoms with Crippen LogP contribution in [0, 0.1) is 18.3 Å². The van der Waals surface area contributed by atoms with E-state index < -0.39 is 6.17 Å². The fraction of sp³-hybridized carbons (Fsp3) is 0.113. The third kappa shape index (κ3) is 9.57. The van der Waals surface area contributed by atoms with Crippen LogP contribution < -0.4 is 5.32 Å². The van der Waals surface area contributed by atoms with Gasteiger partial charge in [0.2, 0.25) is 0 Å². The van der Waals surface area contributed by atoms with Gasteiger partial charge in [-0.3, -0.25) is 9.98 Å². The molecular formula is C62H52N4O. The van der Waals surface area contributed by atoms with Crippen LogP contribution in [0.15, 0.2) is 215 Å². The number of nitriles is 1. The molecular weight excluding hydrogens is 817 g/mol. The number of benzene rings is 8. The molecule has 8 aromatic carbocycles. The molecule has 1 aliphatic carbocycles. The van der Waals surface area contributed by atoms with Crippen LogP contribution in [0.25, 0.3) is 56.0 Å². The van der Waals surface area contributed by atoms with E-state index in [9.17, 15) is 5.26 Å².